The summed E-state index contributed by atoms with van der Waals surface area (Å²) in [5.74, 6) is 2.43. The van der Waals surface area contributed by atoms with Crippen molar-refractivity contribution in [3.8, 4) is 22.9 Å². The predicted octanol–water partition coefficient (Wildman–Crippen LogP) is 3.58. The van der Waals surface area contributed by atoms with E-state index in [1.54, 1.807) is 19.2 Å². The maximum atomic E-state index is 6.26. The summed E-state index contributed by atoms with van der Waals surface area (Å²) in [6.45, 7) is 2.49. The normalized spacial score (nSPS) is 12.0. The lowest BCUT2D eigenvalue weighted by atomic mass is 10.1. The van der Waals surface area contributed by atoms with Gasteiger partial charge in [-0.1, -0.05) is 23.7 Å². The monoisotopic (exact) mass is 358 g/mol. The van der Waals surface area contributed by atoms with E-state index in [2.05, 4.69) is 15.2 Å². The topological polar surface area (TPSA) is 86.0 Å². The van der Waals surface area contributed by atoms with Gasteiger partial charge in [-0.2, -0.15) is 5.10 Å². The summed E-state index contributed by atoms with van der Waals surface area (Å²) in [5, 5.41) is 7.83. The van der Waals surface area contributed by atoms with Gasteiger partial charge in [-0.3, -0.25) is 5.10 Å². The fraction of sp³-hybridized carbons (Fsp3) is 0.222. The van der Waals surface area contributed by atoms with Gasteiger partial charge in [-0.15, -0.1) is 0 Å². The van der Waals surface area contributed by atoms with E-state index in [-0.39, 0.29) is 0 Å². The van der Waals surface area contributed by atoms with E-state index in [4.69, 9.17) is 26.8 Å². The molecule has 3 aromatic rings. The Morgan fingerprint density at radius 3 is 2.60 bits per heavy atom. The summed E-state index contributed by atoms with van der Waals surface area (Å²) in [4.78, 5) is 4.51. The van der Waals surface area contributed by atoms with E-state index in [0.717, 1.165) is 11.1 Å². The number of halogens is 1. The third kappa shape index (κ3) is 3.75. The third-order valence-electron chi connectivity index (χ3n) is 3.75. The first kappa shape index (κ1) is 17.3. The Morgan fingerprint density at radius 1 is 1.16 bits per heavy atom. The summed E-state index contributed by atoms with van der Waals surface area (Å²) in [6.07, 6.45) is 0. The van der Waals surface area contributed by atoms with E-state index in [1.807, 2.05) is 37.3 Å². The van der Waals surface area contributed by atoms with Crippen molar-refractivity contribution in [1.82, 2.24) is 15.2 Å². The molecule has 0 radical (unpaired) electrons. The van der Waals surface area contributed by atoms with Crippen LogP contribution < -0.4 is 15.2 Å². The highest BCUT2D eigenvalue weighted by molar-refractivity contribution is 6.30. The minimum atomic E-state index is -0.414. The molecule has 0 aliphatic heterocycles. The van der Waals surface area contributed by atoms with Gasteiger partial charge in [0.05, 0.1) is 19.8 Å². The second kappa shape index (κ2) is 7.55. The maximum absolute atomic E-state index is 6.26. The molecule has 0 saturated heterocycles. The van der Waals surface area contributed by atoms with E-state index in [1.165, 1.54) is 0 Å². The lowest BCUT2D eigenvalue weighted by molar-refractivity contribution is 0.311. The Hall–Kier alpha value is -2.57. The molecule has 0 amide bonds. The average Bonchev–Trinajstić information content (AvgIpc) is 3.12. The molecule has 0 aliphatic rings. The zero-order valence-electron chi connectivity index (χ0n) is 14.0. The summed E-state index contributed by atoms with van der Waals surface area (Å²) >= 11 is 5.91. The zero-order valence-corrected chi connectivity index (χ0v) is 14.7. The Kier molecular flexibility index (Phi) is 5.21. The molecular formula is C18H19ClN4O2. The van der Waals surface area contributed by atoms with Gasteiger partial charge in [0.2, 0.25) is 0 Å². The molecule has 0 spiro atoms. The number of rotatable bonds is 6. The quantitative estimate of drug-likeness (QED) is 0.703. The first-order valence-electron chi connectivity index (χ1n) is 7.87. The van der Waals surface area contributed by atoms with E-state index in [0.29, 0.717) is 34.8 Å². The zero-order chi connectivity index (χ0) is 17.8. The van der Waals surface area contributed by atoms with Crippen molar-refractivity contribution in [3.63, 3.8) is 0 Å². The third-order valence-corrected chi connectivity index (χ3v) is 4.00. The molecule has 0 aliphatic carbocycles. The highest BCUT2D eigenvalue weighted by Gasteiger charge is 2.16. The number of aromatic amines is 1. The molecule has 7 heteroatoms. The predicted molar refractivity (Wildman–Crippen MR) is 97.0 cm³/mol. The van der Waals surface area contributed by atoms with Gasteiger partial charge >= 0.3 is 0 Å². The Balaban J connectivity index is 1.87. The minimum Gasteiger partial charge on any atom is -0.493 e. The minimum absolute atomic E-state index is 0.414. The molecule has 130 valence electrons. The molecule has 0 fully saturated rings. The molecule has 0 saturated carbocycles. The largest absolute Gasteiger partial charge is 0.493 e. The van der Waals surface area contributed by atoms with Crippen LogP contribution in [-0.4, -0.2) is 28.9 Å². The fourth-order valence-corrected chi connectivity index (χ4v) is 2.58. The van der Waals surface area contributed by atoms with E-state index < -0.39 is 6.04 Å². The van der Waals surface area contributed by atoms with Gasteiger partial charge < -0.3 is 15.2 Å². The molecule has 1 aromatic heterocycles. The SMILES string of the molecule is CCOc1ccc(-c2n[nH]c([C@@H](N)c3ccc(Cl)cc3)n2)cc1OC. The maximum Gasteiger partial charge on any atom is 0.181 e. The molecule has 0 unspecified atom stereocenters. The van der Waals surface area contributed by atoms with Crippen LogP contribution in [0.1, 0.15) is 24.4 Å². The standard InChI is InChI=1S/C18H19ClN4O2/c1-3-25-14-9-6-12(10-15(14)24-2)17-21-18(23-22-17)16(20)11-4-7-13(19)8-5-11/h4-10,16H,3,20H2,1-2H3,(H,21,22,23)/t16-/m0/s1. The summed E-state index contributed by atoms with van der Waals surface area (Å²) in [5.41, 5.74) is 7.97. The Bertz CT molecular complexity index is 849. The number of ether oxygens (including phenoxy) is 2. The molecule has 1 atom stereocenters. The highest BCUT2D eigenvalue weighted by Crippen LogP contribution is 2.31. The van der Waals surface area contributed by atoms with Gasteiger partial charge in [0, 0.05) is 10.6 Å². The number of aromatic nitrogens is 3. The van der Waals surface area contributed by atoms with E-state index in [9.17, 15) is 0 Å². The second-order valence-corrected chi connectivity index (χ2v) is 5.81. The van der Waals surface area contributed by atoms with Crippen LogP contribution in [-0.2, 0) is 0 Å². The van der Waals surface area contributed by atoms with Crippen LogP contribution in [0.3, 0.4) is 0 Å². The van der Waals surface area contributed by atoms with Crippen LogP contribution >= 0.6 is 11.6 Å². The van der Waals surface area contributed by atoms with Crippen molar-refractivity contribution in [3.05, 3.63) is 58.9 Å². The van der Waals surface area contributed by atoms with Gasteiger partial charge in [0.1, 0.15) is 5.82 Å². The van der Waals surface area contributed by atoms with Crippen LogP contribution in [0.2, 0.25) is 5.02 Å². The van der Waals surface area contributed by atoms with Crippen molar-refractivity contribution in [2.75, 3.05) is 13.7 Å². The molecular weight excluding hydrogens is 340 g/mol. The number of hydrogen-bond donors (Lipinski definition) is 2. The van der Waals surface area contributed by atoms with Crippen molar-refractivity contribution in [1.29, 1.82) is 0 Å². The van der Waals surface area contributed by atoms with Crippen LogP contribution in [0.25, 0.3) is 11.4 Å². The Morgan fingerprint density at radius 2 is 1.92 bits per heavy atom. The summed E-state index contributed by atoms with van der Waals surface area (Å²) in [6, 6.07) is 12.5. The average molecular weight is 359 g/mol. The molecule has 6 nitrogen and oxygen atoms in total. The van der Waals surface area contributed by atoms with Gasteiger partial charge in [0.25, 0.3) is 0 Å². The molecule has 25 heavy (non-hydrogen) atoms. The van der Waals surface area contributed by atoms with E-state index >= 15 is 0 Å². The number of nitrogens with two attached hydrogens (primary N) is 1. The number of H-pyrrole nitrogens is 1. The van der Waals surface area contributed by atoms with Crippen molar-refractivity contribution in [2.45, 2.75) is 13.0 Å². The first-order valence-corrected chi connectivity index (χ1v) is 8.24. The van der Waals surface area contributed by atoms with Crippen molar-refractivity contribution >= 4 is 11.6 Å². The van der Waals surface area contributed by atoms with Crippen LogP contribution in [0.4, 0.5) is 0 Å². The van der Waals surface area contributed by atoms with Gasteiger partial charge in [0.15, 0.2) is 17.3 Å². The lowest BCUT2D eigenvalue weighted by Crippen LogP contribution is -2.13. The number of nitrogens with one attached hydrogen (secondary N) is 1. The first-order chi connectivity index (χ1) is 12.1. The highest BCUT2D eigenvalue weighted by atomic mass is 35.5. The van der Waals surface area contributed by atoms with Crippen molar-refractivity contribution in [2.24, 2.45) is 5.73 Å². The van der Waals surface area contributed by atoms with Crippen LogP contribution in [0.5, 0.6) is 11.5 Å². The molecule has 0 bridgehead atoms. The molecule has 3 N–H and O–H groups in total. The second-order valence-electron chi connectivity index (χ2n) is 5.37. The van der Waals surface area contributed by atoms with Crippen LogP contribution in [0.15, 0.2) is 42.5 Å². The molecule has 1 heterocycles. The van der Waals surface area contributed by atoms with Crippen LogP contribution in [0, 0.1) is 0 Å². The smallest absolute Gasteiger partial charge is 0.181 e. The number of methoxy groups -OCH3 is 1. The molecule has 2 aromatic carbocycles. The fourth-order valence-electron chi connectivity index (χ4n) is 2.45. The van der Waals surface area contributed by atoms with Gasteiger partial charge in [-0.25, -0.2) is 4.98 Å². The number of nitrogens with zero attached hydrogens (tertiary/aromatic N) is 2. The number of benzene rings is 2. The Labute approximate surface area is 150 Å². The lowest BCUT2D eigenvalue weighted by Gasteiger charge is -2.10. The summed E-state index contributed by atoms with van der Waals surface area (Å²) in [7, 11) is 1.60. The van der Waals surface area contributed by atoms with Gasteiger partial charge in [-0.05, 0) is 42.8 Å². The van der Waals surface area contributed by atoms with Crippen molar-refractivity contribution < 1.29 is 9.47 Å². The molecule has 3 rings (SSSR count). The number of hydrogen-bond acceptors (Lipinski definition) is 5. The summed E-state index contributed by atoms with van der Waals surface area (Å²) < 4.78 is 10.9.